The highest BCUT2D eigenvalue weighted by Gasteiger charge is 2.24. The lowest BCUT2D eigenvalue weighted by atomic mass is 10.0. The predicted octanol–water partition coefficient (Wildman–Crippen LogP) is 6.21. The van der Waals surface area contributed by atoms with Gasteiger partial charge in [-0.25, -0.2) is 17.4 Å². The molecule has 0 radical (unpaired) electrons. The zero-order valence-corrected chi connectivity index (χ0v) is 22.9. The molecule has 0 aliphatic carbocycles. The van der Waals surface area contributed by atoms with Crippen LogP contribution in [0.25, 0.3) is 16.5 Å². The summed E-state index contributed by atoms with van der Waals surface area (Å²) in [5, 5.41) is 1.46. The molecule has 0 unspecified atom stereocenters. The molecule has 9 heteroatoms. The van der Waals surface area contributed by atoms with Crippen LogP contribution in [0, 0.1) is 6.92 Å². The van der Waals surface area contributed by atoms with Gasteiger partial charge in [0.15, 0.2) is 5.16 Å². The minimum atomic E-state index is -3.86. The molecule has 5 aromatic rings. The van der Waals surface area contributed by atoms with Crippen LogP contribution in [0.15, 0.2) is 107 Å². The zero-order valence-electron chi connectivity index (χ0n) is 21.3. The van der Waals surface area contributed by atoms with Crippen molar-refractivity contribution < 1.29 is 17.9 Å². The number of aryl methyl sites for hydroxylation is 1. The number of methoxy groups -OCH3 is 2. The molecular weight excluding hydrogens is 518 g/mol. The molecule has 38 heavy (non-hydrogen) atoms. The Bertz CT molecular complexity index is 1720. The van der Waals surface area contributed by atoms with Crippen LogP contribution in [0.4, 0.5) is 0 Å². The summed E-state index contributed by atoms with van der Waals surface area (Å²) < 4.78 is 41.5. The first kappa shape index (κ1) is 25.8. The van der Waals surface area contributed by atoms with Crippen LogP contribution in [-0.4, -0.2) is 36.2 Å². The van der Waals surface area contributed by atoms with Gasteiger partial charge in [0.2, 0.25) is 0 Å². The quantitative estimate of drug-likeness (QED) is 0.219. The van der Waals surface area contributed by atoms with Gasteiger partial charge in [-0.1, -0.05) is 54.2 Å². The van der Waals surface area contributed by atoms with E-state index in [-0.39, 0.29) is 11.6 Å². The van der Waals surface area contributed by atoms with E-state index in [0.717, 1.165) is 26.9 Å². The lowest BCUT2D eigenvalue weighted by Crippen LogP contribution is -2.12. The smallest absolute Gasteiger partial charge is 0.268 e. The maximum Gasteiger partial charge on any atom is 0.268 e. The van der Waals surface area contributed by atoms with Crippen molar-refractivity contribution >= 4 is 38.3 Å². The Balaban J connectivity index is 1.61. The number of rotatable bonds is 9. The van der Waals surface area contributed by atoms with Crippen molar-refractivity contribution in [3.8, 4) is 5.75 Å². The maximum absolute atomic E-state index is 13.6. The molecular formula is C29H27N3O4S2. The van der Waals surface area contributed by atoms with Crippen molar-refractivity contribution in [2.24, 2.45) is 0 Å². The van der Waals surface area contributed by atoms with Crippen molar-refractivity contribution in [2.45, 2.75) is 28.6 Å². The summed E-state index contributed by atoms with van der Waals surface area (Å²) >= 11 is 1.53. The summed E-state index contributed by atoms with van der Waals surface area (Å²) in [7, 11) is -0.702. The molecule has 0 bridgehead atoms. The number of benzene rings is 3. The topological polar surface area (TPSA) is 75.4 Å². The van der Waals surface area contributed by atoms with Crippen molar-refractivity contribution in [1.29, 1.82) is 0 Å². The summed E-state index contributed by atoms with van der Waals surface area (Å²) in [5.41, 5.74) is 3.66. The van der Waals surface area contributed by atoms with Gasteiger partial charge in [-0.15, -0.1) is 0 Å². The summed E-state index contributed by atoms with van der Waals surface area (Å²) in [6, 6.07) is 22.2. The van der Waals surface area contributed by atoms with Gasteiger partial charge in [-0.05, 0) is 55.0 Å². The van der Waals surface area contributed by atoms with Crippen LogP contribution in [-0.2, 0) is 21.5 Å². The number of ether oxygens (including phenoxy) is 2. The van der Waals surface area contributed by atoms with E-state index in [0.29, 0.717) is 22.2 Å². The molecule has 7 nitrogen and oxygen atoms in total. The van der Waals surface area contributed by atoms with Crippen molar-refractivity contribution in [2.75, 3.05) is 14.2 Å². The van der Waals surface area contributed by atoms with Gasteiger partial charge in [0, 0.05) is 29.2 Å². The third-order valence-corrected chi connectivity index (χ3v) is 8.94. The van der Waals surface area contributed by atoms with Gasteiger partial charge in [0.1, 0.15) is 18.0 Å². The molecule has 0 spiro atoms. The monoisotopic (exact) mass is 545 g/mol. The molecule has 0 aliphatic rings. The molecule has 0 N–H and O–H groups in total. The SMILES string of the molecule is C=C(c1ccc(OC)c2c1ccn2S(=O)(=O)c1ccc(C)cc1)c1cnc(Sc2ccccc2)n1COC. The van der Waals surface area contributed by atoms with E-state index in [4.69, 9.17) is 9.47 Å². The van der Waals surface area contributed by atoms with Crippen LogP contribution in [0.1, 0.15) is 16.8 Å². The molecule has 0 fully saturated rings. The zero-order chi connectivity index (χ0) is 26.9. The van der Waals surface area contributed by atoms with Crippen molar-refractivity contribution in [3.63, 3.8) is 0 Å². The fourth-order valence-corrected chi connectivity index (χ4v) is 6.55. The second-order valence-electron chi connectivity index (χ2n) is 8.67. The second kappa shape index (κ2) is 10.5. The van der Waals surface area contributed by atoms with Crippen LogP contribution in [0.3, 0.4) is 0 Å². The van der Waals surface area contributed by atoms with E-state index in [1.807, 2.05) is 47.9 Å². The van der Waals surface area contributed by atoms with Gasteiger partial charge in [-0.3, -0.25) is 4.57 Å². The number of imidazole rings is 1. The molecule has 0 atom stereocenters. The number of nitrogens with zero attached hydrogens (tertiary/aromatic N) is 3. The Hall–Kier alpha value is -3.79. The third-order valence-electron chi connectivity index (χ3n) is 6.24. The Morgan fingerprint density at radius 1 is 1.00 bits per heavy atom. The van der Waals surface area contributed by atoms with Gasteiger partial charge >= 0.3 is 0 Å². The fraction of sp³-hybridized carbons (Fsp3) is 0.138. The standard InChI is InChI=1S/C29H27N3O4S2/c1-20-10-12-23(13-11-20)38(33,34)32-17-16-25-24(14-15-27(36-4)28(25)32)21(2)26-18-30-29(31(26)19-35-3)37-22-8-6-5-7-9-22/h5-18H,2,19H2,1,3-4H3. The number of hydrogen-bond donors (Lipinski definition) is 0. The Labute approximate surface area is 226 Å². The average molecular weight is 546 g/mol. The highest BCUT2D eigenvalue weighted by Crippen LogP contribution is 2.38. The molecule has 0 saturated heterocycles. The molecule has 3 aromatic carbocycles. The van der Waals surface area contributed by atoms with Gasteiger partial charge in [-0.2, -0.15) is 0 Å². The van der Waals surface area contributed by atoms with Crippen LogP contribution in [0.5, 0.6) is 5.75 Å². The van der Waals surface area contributed by atoms with E-state index in [9.17, 15) is 8.42 Å². The lowest BCUT2D eigenvalue weighted by Gasteiger charge is -2.15. The van der Waals surface area contributed by atoms with Gasteiger partial charge in [0.05, 0.1) is 23.9 Å². The second-order valence-corrected chi connectivity index (χ2v) is 11.5. The number of hydrogen-bond acceptors (Lipinski definition) is 6. The molecule has 2 aromatic heterocycles. The van der Waals surface area contributed by atoms with E-state index in [1.165, 1.54) is 22.8 Å². The van der Waals surface area contributed by atoms with Crippen LogP contribution < -0.4 is 4.74 Å². The van der Waals surface area contributed by atoms with Gasteiger partial charge < -0.3 is 9.47 Å². The van der Waals surface area contributed by atoms with Gasteiger partial charge in [0.25, 0.3) is 10.0 Å². The molecule has 0 saturated carbocycles. The number of fused-ring (bicyclic) bond motifs is 1. The highest BCUT2D eigenvalue weighted by molar-refractivity contribution is 7.99. The molecule has 5 rings (SSSR count). The van der Waals surface area contributed by atoms with Crippen LogP contribution >= 0.6 is 11.8 Å². The predicted molar refractivity (Wildman–Crippen MR) is 150 cm³/mol. The van der Waals surface area contributed by atoms with Crippen LogP contribution in [0.2, 0.25) is 0 Å². The normalized spacial score (nSPS) is 11.7. The largest absolute Gasteiger partial charge is 0.495 e. The molecule has 194 valence electrons. The first-order valence-electron chi connectivity index (χ1n) is 11.8. The van der Waals surface area contributed by atoms with E-state index in [1.54, 1.807) is 55.9 Å². The van der Waals surface area contributed by atoms with Crippen molar-refractivity contribution in [1.82, 2.24) is 13.5 Å². The highest BCUT2D eigenvalue weighted by atomic mass is 32.2. The summed E-state index contributed by atoms with van der Waals surface area (Å²) in [6.45, 7) is 6.58. The maximum atomic E-state index is 13.6. The molecule has 0 aliphatic heterocycles. The van der Waals surface area contributed by atoms with E-state index < -0.39 is 10.0 Å². The number of aromatic nitrogens is 3. The Morgan fingerprint density at radius 3 is 2.42 bits per heavy atom. The summed E-state index contributed by atoms with van der Waals surface area (Å²) in [5.74, 6) is 0.447. The minimum Gasteiger partial charge on any atom is -0.495 e. The summed E-state index contributed by atoms with van der Waals surface area (Å²) in [6.07, 6.45) is 3.32. The van der Waals surface area contributed by atoms with E-state index in [2.05, 4.69) is 11.6 Å². The lowest BCUT2D eigenvalue weighted by molar-refractivity contribution is 0.123. The molecule has 2 heterocycles. The third kappa shape index (κ3) is 4.64. The molecule has 0 amide bonds. The van der Waals surface area contributed by atoms with Crippen molar-refractivity contribution in [3.05, 3.63) is 109 Å². The minimum absolute atomic E-state index is 0.202. The summed E-state index contributed by atoms with van der Waals surface area (Å²) in [4.78, 5) is 5.90. The van der Waals surface area contributed by atoms with E-state index >= 15 is 0 Å². The first-order valence-corrected chi connectivity index (χ1v) is 14.1. The Kier molecular flexibility index (Phi) is 7.16. The fourth-order valence-electron chi connectivity index (χ4n) is 4.32. The average Bonchev–Trinajstić information content (AvgIpc) is 3.54. The Morgan fingerprint density at radius 2 is 1.74 bits per heavy atom. The first-order chi connectivity index (χ1) is 18.3.